The highest BCUT2D eigenvalue weighted by Crippen LogP contribution is 2.30. The number of hydrogen-bond acceptors (Lipinski definition) is 5. The molecule has 2 atom stereocenters. The predicted octanol–water partition coefficient (Wildman–Crippen LogP) is 5.10. The highest BCUT2D eigenvalue weighted by atomic mass is 32.2. The second kappa shape index (κ2) is 15.4. The number of amides is 2. The van der Waals surface area contributed by atoms with Crippen LogP contribution in [-0.4, -0.2) is 57.1 Å². The summed E-state index contributed by atoms with van der Waals surface area (Å²) in [5, 5.41) is 3.07. The van der Waals surface area contributed by atoms with Gasteiger partial charge in [-0.15, -0.1) is 0 Å². The van der Waals surface area contributed by atoms with E-state index >= 15 is 0 Å². The Balaban J connectivity index is 1.90. The Hall–Kier alpha value is -3.85. The third-order valence-corrected chi connectivity index (χ3v) is 8.43. The summed E-state index contributed by atoms with van der Waals surface area (Å²) in [4.78, 5) is 29.3. The SMILES string of the molecule is CC[C@@H](C)NC(=O)[C@H](Cc1ccccc1)N(Cc1ccc(C)cc1)C(=O)CCCN(c1ccccc1OC)S(C)(=O)=O. The van der Waals surface area contributed by atoms with Crippen molar-refractivity contribution < 1.29 is 22.7 Å². The molecular formula is C33H43N3O5S. The van der Waals surface area contributed by atoms with E-state index in [1.807, 2.05) is 75.4 Å². The van der Waals surface area contributed by atoms with Gasteiger partial charge in [-0.3, -0.25) is 13.9 Å². The lowest BCUT2D eigenvalue weighted by Gasteiger charge is -2.33. The summed E-state index contributed by atoms with van der Waals surface area (Å²) in [5.74, 6) is 0.00428. The maximum Gasteiger partial charge on any atom is 0.243 e. The standard InChI is InChI=1S/C33H43N3O5S/c1-6-26(3)34-33(38)30(23-27-13-8-7-9-14-27)35(24-28-20-18-25(2)19-21-28)32(37)17-12-22-36(42(5,39)40)29-15-10-11-16-31(29)41-4/h7-11,13-16,18-21,26,30H,6,12,17,22-24H2,1-5H3,(H,34,38)/t26-,30+/m1/s1. The molecule has 0 aliphatic rings. The van der Waals surface area contributed by atoms with E-state index in [1.165, 1.54) is 11.4 Å². The van der Waals surface area contributed by atoms with Crippen LogP contribution in [0.2, 0.25) is 0 Å². The van der Waals surface area contributed by atoms with Gasteiger partial charge in [0.25, 0.3) is 0 Å². The van der Waals surface area contributed by atoms with Gasteiger partial charge in [0.15, 0.2) is 0 Å². The number of anilines is 1. The number of ether oxygens (including phenoxy) is 1. The quantitative estimate of drug-likeness (QED) is 0.264. The summed E-state index contributed by atoms with van der Waals surface area (Å²) < 4.78 is 32.1. The molecule has 3 aromatic rings. The van der Waals surface area contributed by atoms with Crippen LogP contribution < -0.4 is 14.4 Å². The monoisotopic (exact) mass is 593 g/mol. The minimum atomic E-state index is -3.64. The van der Waals surface area contributed by atoms with Crippen molar-refractivity contribution in [3.8, 4) is 5.75 Å². The molecular weight excluding hydrogens is 550 g/mol. The Labute approximate surface area is 250 Å². The van der Waals surface area contributed by atoms with Crippen LogP contribution >= 0.6 is 0 Å². The summed E-state index contributed by atoms with van der Waals surface area (Å²) in [6.07, 6.45) is 2.59. The minimum absolute atomic E-state index is 0.0451. The van der Waals surface area contributed by atoms with Gasteiger partial charge in [-0.2, -0.15) is 0 Å². The maximum absolute atomic E-state index is 14.0. The predicted molar refractivity (Wildman–Crippen MR) is 168 cm³/mol. The number of methoxy groups -OCH3 is 1. The van der Waals surface area contributed by atoms with Crippen LogP contribution in [0.1, 0.15) is 49.8 Å². The van der Waals surface area contributed by atoms with Crippen LogP contribution in [0.3, 0.4) is 0 Å². The van der Waals surface area contributed by atoms with Gasteiger partial charge in [0, 0.05) is 32.0 Å². The molecule has 0 unspecified atom stereocenters. The van der Waals surface area contributed by atoms with E-state index in [0.29, 0.717) is 17.9 Å². The Morgan fingerprint density at radius 2 is 1.57 bits per heavy atom. The van der Waals surface area contributed by atoms with Crippen molar-refractivity contribution in [2.75, 3.05) is 24.2 Å². The number of sulfonamides is 1. The van der Waals surface area contributed by atoms with Crippen molar-refractivity contribution in [1.82, 2.24) is 10.2 Å². The van der Waals surface area contributed by atoms with E-state index in [0.717, 1.165) is 29.4 Å². The molecule has 3 aromatic carbocycles. The summed E-state index contributed by atoms with van der Waals surface area (Å²) >= 11 is 0. The molecule has 0 heterocycles. The Morgan fingerprint density at radius 1 is 0.929 bits per heavy atom. The van der Waals surface area contributed by atoms with Gasteiger partial charge in [0.1, 0.15) is 11.8 Å². The zero-order valence-corrected chi connectivity index (χ0v) is 26.1. The molecule has 0 aliphatic carbocycles. The van der Waals surface area contributed by atoms with Crippen LogP contribution in [0, 0.1) is 6.92 Å². The smallest absolute Gasteiger partial charge is 0.243 e. The average Bonchev–Trinajstić information content (AvgIpc) is 2.97. The molecule has 0 bridgehead atoms. The zero-order valence-electron chi connectivity index (χ0n) is 25.2. The second-order valence-electron chi connectivity index (χ2n) is 10.6. The molecule has 0 aromatic heterocycles. The summed E-state index contributed by atoms with van der Waals surface area (Å²) in [6.45, 7) is 6.29. The molecule has 42 heavy (non-hydrogen) atoms. The molecule has 0 saturated carbocycles. The minimum Gasteiger partial charge on any atom is -0.495 e. The van der Waals surface area contributed by atoms with Crippen molar-refractivity contribution in [3.05, 3.63) is 95.6 Å². The van der Waals surface area contributed by atoms with Crippen LogP contribution in [0.4, 0.5) is 5.69 Å². The van der Waals surface area contributed by atoms with Crippen molar-refractivity contribution in [1.29, 1.82) is 0 Å². The van der Waals surface area contributed by atoms with Gasteiger partial charge in [0.2, 0.25) is 21.8 Å². The molecule has 2 amide bonds. The molecule has 0 aliphatic heterocycles. The van der Waals surface area contributed by atoms with E-state index in [1.54, 1.807) is 29.2 Å². The van der Waals surface area contributed by atoms with Gasteiger partial charge in [-0.25, -0.2) is 8.42 Å². The highest BCUT2D eigenvalue weighted by Gasteiger charge is 2.31. The van der Waals surface area contributed by atoms with E-state index < -0.39 is 16.1 Å². The molecule has 3 rings (SSSR count). The number of rotatable bonds is 15. The Morgan fingerprint density at radius 3 is 2.19 bits per heavy atom. The third-order valence-electron chi connectivity index (χ3n) is 7.25. The molecule has 0 fully saturated rings. The van der Waals surface area contributed by atoms with E-state index in [2.05, 4.69) is 5.32 Å². The summed E-state index contributed by atoms with van der Waals surface area (Å²) in [5.41, 5.74) is 3.38. The van der Waals surface area contributed by atoms with Crippen molar-refractivity contribution >= 4 is 27.5 Å². The number of aryl methyl sites for hydroxylation is 1. The Kier molecular flexibility index (Phi) is 12.0. The molecule has 0 saturated heterocycles. The third kappa shape index (κ3) is 9.34. The topological polar surface area (TPSA) is 96.0 Å². The fraction of sp³-hybridized carbons (Fsp3) is 0.394. The Bertz CT molecular complexity index is 1410. The van der Waals surface area contributed by atoms with Crippen LogP contribution in [0.25, 0.3) is 0 Å². The zero-order chi connectivity index (χ0) is 30.7. The normalized spacial score (nSPS) is 12.7. The maximum atomic E-state index is 14.0. The first-order valence-corrected chi connectivity index (χ1v) is 16.2. The van der Waals surface area contributed by atoms with E-state index in [-0.39, 0.29) is 43.8 Å². The van der Waals surface area contributed by atoms with Crippen LogP contribution in [0.15, 0.2) is 78.9 Å². The number of carbonyl (C=O) groups is 2. The fourth-order valence-electron chi connectivity index (χ4n) is 4.70. The lowest BCUT2D eigenvalue weighted by molar-refractivity contribution is -0.141. The average molecular weight is 594 g/mol. The number of benzene rings is 3. The second-order valence-corrected chi connectivity index (χ2v) is 12.5. The number of para-hydroxylation sites is 2. The van der Waals surface area contributed by atoms with Crippen LogP contribution in [0.5, 0.6) is 5.75 Å². The number of nitrogens with one attached hydrogen (secondary N) is 1. The van der Waals surface area contributed by atoms with Crippen molar-refractivity contribution in [3.63, 3.8) is 0 Å². The molecule has 1 N–H and O–H groups in total. The summed E-state index contributed by atoms with van der Waals surface area (Å²) in [6, 6.07) is 23.7. The number of hydrogen-bond donors (Lipinski definition) is 1. The molecule has 0 spiro atoms. The lowest BCUT2D eigenvalue weighted by Crippen LogP contribution is -2.52. The van der Waals surface area contributed by atoms with Gasteiger partial charge in [0.05, 0.1) is 19.1 Å². The molecule has 9 heteroatoms. The largest absolute Gasteiger partial charge is 0.495 e. The van der Waals surface area contributed by atoms with E-state index in [4.69, 9.17) is 4.74 Å². The van der Waals surface area contributed by atoms with Gasteiger partial charge < -0.3 is 15.0 Å². The van der Waals surface area contributed by atoms with Gasteiger partial charge in [-0.05, 0) is 49.9 Å². The molecule has 8 nitrogen and oxygen atoms in total. The number of carbonyl (C=O) groups excluding carboxylic acids is 2. The molecule has 226 valence electrons. The fourth-order valence-corrected chi connectivity index (χ4v) is 5.67. The van der Waals surface area contributed by atoms with Gasteiger partial charge in [-0.1, -0.05) is 79.2 Å². The number of nitrogens with zero attached hydrogens (tertiary/aromatic N) is 2. The van der Waals surface area contributed by atoms with Crippen LogP contribution in [-0.2, 0) is 32.6 Å². The molecule has 0 radical (unpaired) electrons. The first-order chi connectivity index (χ1) is 20.0. The van der Waals surface area contributed by atoms with E-state index in [9.17, 15) is 18.0 Å². The highest BCUT2D eigenvalue weighted by molar-refractivity contribution is 7.92. The first-order valence-electron chi connectivity index (χ1n) is 14.3. The first kappa shape index (κ1) is 32.7. The lowest BCUT2D eigenvalue weighted by atomic mass is 10.0. The van der Waals surface area contributed by atoms with Gasteiger partial charge >= 0.3 is 0 Å². The van der Waals surface area contributed by atoms with Crippen molar-refractivity contribution in [2.45, 2.75) is 65.1 Å². The summed E-state index contributed by atoms with van der Waals surface area (Å²) in [7, 11) is -2.15. The van der Waals surface area contributed by atoms with Crippen molar-refractivity contribution in [2.24, 2.45) is 0 Å².